The SMILES string of the molecule is CN1CCC(N(C)C(=O)C2CCN(c3ccc(F)c(-c4nc5ccc(Cl)cc5[nH]4)c3)CC2)C1. The molecular weight excluding hydrogens is 441 g/mol. The molecule has 2 fully saturated rings. The summed E-state index contributed by atoms with van der Waals surface area (Å²) in [6.07, 6.45) is 2.66. The van der Waals surface area contributed by atoms with Crippen molar-refractivity contribution in [3.05, 3.63) is 47.2 Å². The van der Waals surface area contributed by atoms with Crippen molar-refractivity contribution in [1.82, 2.24) is 19.8 Å². The van der Waals surface area contributed by atoms with Gasteiger partial charge in [-0.05, 0) is 69.3 Å². The quantitative estimate of drug-likeness (QED) is 0.615. The number of fused-ring (bicyclic) bond motifs is 1. The minimum Gasteiger partial charge on any atom is -0.371 e. The Hall–Kier alpha value is -2.64. The number of aromatic amines is 1. The smallest absolute Gasteiger partial charge is 0.225 e. The van der Waals surface area contributed by atoms with Crippen LogP contribution in [0.4, 0.5) is 10.1 Å². The highest BCUT2D eigenvalue weighted by atomic mass is 35.5. The Bertz CT molecular complexity index is 1170. The number of H-pyrrole nitrogens is 1. The van der Waals surface area contributed by atoms with Crippen molar-refractivity contribution in [1.29, 1.82) is 0 Å². The maximum atomic E-state index is 14.7. The van der Waals surface area contributed by atoms with E-state index in [4.69, 9.17) is 11.6 Å². The molecule has 2 aliphatic heterocycles. The number of nitrogens with one attached hydrogen (secondary N) is 1. The van der Waals surface area contributed by atoms with Crippen molar-refractivity contribution in [2.24, 2.45) is 5.92 Å². The molecule has 1 atom stereocenters. The third kappa shape index (κ3) is 4.44. The van der Waals surface area contributed by atoms with Crippen molar-refractivity contribution in [2.75, 3.05) is 45.2 Å². The van der Waals surface area contributed by atoms with E-state index in [0.717, 1.165) is 62.2 Å². The molecule has 6 nitrogen and oxygen atoms in total. The molecule has 33 heavy (non-hydrogen) atoms. The van der Waals surface area contributed by atoms with Crippen molar-refractivity contribution in [3.63, 3.8) is 0 Å². The first-order valence-electron chi connectivity index (χ1n) is 11.5. The Balaban J connectivity index is 1.28. The Kier molecular flexibility index (Phi) is 6.01. The summed E-state index contributed by atoms with van der Waals surface area (Å²) in [5.74, 6) is 0.477. The second-order valence-corrected chi connectivity index (χ2v) is 9.76. The van der Waals surface area contributed by atoms with E-state index in [-0.39, 0.29) is 17.6 Å². The Labute approximate surface area is 198 Å². The topological polar surface area (TPSA) is 55.5 Å². The van der Waals surface area contributed by atoms with Gasteiger partial charge in [0, 0.05) is 49.4 Å². The van der Waals surface area contributed by atoms with Gasteiger partial charge >= 0.3 is 0 Å². The Morgan fingerprint density at radius 1 is 1.15 bits per heavy atom. The molecule has 3 aromatic rings. The summed E-state index contributed by atoms with van der Waals surface area (Å²) in [7, 11) is 4.06. The van der Waals surface area contributed by atoms with Gasteiger partial charge in [0.2, 0.25) is 5.91 Å². The molecule has 0 spiro atoms. The van der Waals surface area contributed by atoms with Crippen molar-refractivity contribution < 1.29 is 9.18 Å². The lowest BCUT2D eigenvalue weighted by molar-refractivity contribution is -0.136. The third-order valence-corrected chi connectivity index (χ3v) is 7.36. The van der Waals surface area contributed by atoms with E-state index >= 15 is 0 Å². The van der Waals surface area contributed by atoms with Gasteiger partial charge in [-0.1, -0.05) is 11.6 Å². The van der Waals surface area contributed by atoms with E-state index < -0.39 is 0 Å². The Morgan fingerprint density at radius 2 is 1.94 bits per heavy atom. The minimum atomic E-state index is -0.322. The number of hydrogen-bond acceptors (Lipinski definition) is 4. The molecule has 0 bridgehead atoms. The molecular formula is C25H29ClFN5O. The van der Waals surface area contributed by atoms with Gasteiger partial charge in [0.15, 0.2) is 0 Å². The summed E-state index contributed by atoms with van der Waals surface area (Å²) in [6, 6.07) is 10.8. The number of halogens is 2. The molecule has 5 rings (SSSR count). The molecule has 174 valence electrons. The summed E-state index contributed by atoms with van der Waals surface area (Å²) >= 11 is 6.07. The van der Waals surface area contributed by atoms with Crippen LogP contribution in [0.15, 0.2) is 36.4 Å². The zero-order valence-electron chi connectivity index (χ0n) is 19.0. The predicted molar refractivity (Wildman–Crippen MR) is 130 cm³/mol. The van der Waals surface area contributed by atoms with Crippen molar-refractivity contribution in [3.8, 4) is 11.4 Å². The molecule has 3 heterocycles. The highest BCUT2D eigenvalue weighted by molar-refractivity contribution is 6.31. The minimum absolute atomic E-state index is 0.0530. The average Bonchev–Trinajstić information content (AvgIpc) is 3.44. The van der Waals surface area contributed by atoms with E-state index in [9.17, 15) is 9.18 Å². The first-order valence-corrected chi connectivity index (χ1v) is 11.9. The molecule has 1 aromatic heterocycles. The lowest BCUT2D eigenvalue weighted by Gasteiger charge is -2.36. The number of carbonyl (C=O) groups is 1. The fraction of sp³-hybridized carbons (Fsp3) is 0.440. The van der Waals surface area contributed by atoms with Crippen LogP contribution >= 0.6 is 11.6 Å². The number of likely N-dealkylation sites (N-methyl/N-ethyl adjacent to an activating group) is 2. The normalized spacial score (nSPS) is 20.0. The number of hydrogen-bond donors (Lipinski definition) is 1. The van der Waals surface area contributed by atoms with E-state index in [0.29, 0.717) is 22.5 Å². The number of rotatable bonds is 4. The van der Waals surface area contributed by atoms with Crippen LogP contribution in [-0.4, -0.2) is 72.0 Å². The molecule has 1 amide bonds. The van der Waals surface area contributed by atoms with Crippen LogP contribution in [-0.2, 0) is 4.79 Å². The first-order chi connectivity index (χ1) is 15.9. The zero-order valence-corrected chi connectivity index (χ0v) is 19.8. The predicted octanol–water partition coefficient (Wildman–Crippen LogP) is 4.40. The van der Waals surface area contributed by atoms with Crippen LogP contribution < -0.4 is 4.90 Å². The van der Waals surface area contributed by atoms with Gasteiger partial charge in [-0.2, -0.15) is 0 Å². The number of amides is 1. The van der Waals surface area contributed by atoms with Gasteiger partial charge in [-0.15, -0.1) is 0 Å². The summed E-state index contributed by atoms with van der Waals surface area (Å²) in [5, 5.41) is 0.606. The van der Waals surface area contributed by atoms with E-state index in [2.05, 4.69) is 26.8 Å². The Morgan fingerprint density at radius 3 is 2.67 bits per heavy atom. The van der Waals surface area contributed by atoms with Gasteiger partial charge < -0.3 is 19.7 Å². The molecule has 2 aromatic carbocycles. The van der Waals surface area contributed by atoms with E-state index in [1.807, 2.05) is 24.1 Å². The summed E-state index contributed by atoms with van der Waals surface area (Å²) in [5.41, 5.74) is 2.90. The number of benzene rings is 2. The summed E-state index contributed by atoms with van der Waals surface area (Å²) in [6.45, 7) is 3.55. The largest absolute Gasteiger partial charge is 0.371 e. The number of nitrogens with zero attached hydrogens (tertiary/aromatic N) is 4. The standard InChI is InChI=1S/C25H29ClFN5O/c1-30-10-9-19(15-30)31(2)25(33)16-7-11-32(12-8-16)18-4-5-21(27)20(14-18)24-28-22-6-3-17(26)13-23(22)29-24/h3-6,13-14,16,19H,7-12,15H2,1-2H3,(H,28,29). The fourth-order valence-electron chi connectivity index (χ4n) is 5.08. The van der Waals surface area contributed by atoms with Crippen LogP contribution in [0.25, 0.3) is 22.4 Å². The van der Waals surface area contributed by atoms with Gasteiger partial charge in [0.05, 0.1) is 16.6 Å². The number of imidazole rings is 1. The first kappa shape index (κ1) is 22.2. The molecule has 2 aliphatic rings. The monoisotopic (exact) mass is 469 g/mol. The summed E-state index contributed by atoms with van der Waals surface area (Å²) < 4.78 is 14.7. The second-order valence-electron chi connectivity index (χ2n) is 9.33. The van der Waals surface area contributed by atoms with Gasteiger partial charge in [0.25, 0.3) is 0 Å². The van der Waals surface area contributed by atoms with Crippen LogP contribution in [0.1, 0.15) is 19.3 Å². The van der Waals surface area contributed by atoms with E-state index in [1.54, 1.807) is 18.2 Å². The van der Waals surface area contributed by atoms with Crippen molar-refractivity contribution in [2.45, 2.75) is 25.3 Å². The number of likely N-dealkylation sites (tertiary alicyclic amines) is 1. The van der Waals surface area contributed by atoms with Crippen LogP contribution in [0.2, 0.25) is 5.02 Å². The molecule has 2 saturated heterocycles. The maximum absolute atomic E-state index is 14.7. The van der Waals surface area contributed by atoms with Gasteiger partial charge in [-0.25, -0.2) is 9.37 Å². The van der Waals surface area contributed by atoms with Crippen LogP contribution in [0, 0.1) is 11.7 Å². The highest BCUT2D eigenvalue weighted by Gasteiger charge is 2.32. The van der Waals surface area contributed by atoms with Crippen LogP contribution in [0.5, 0.6) is 0 Å². The highest BCUT2D eigenvalue weighted by Crippen LogP contribution is 2.31. The zero-order chi connectivity index (χ0) is 23.1. The van der Waals surface area contributed by atoms with Crippen molar-refractivity contribution >= 4 is 34.2 Å². The molecule has 1 N–H and O–H groups in total. The lowest BCUT2D eigenvalue weighted by Crippen LogP contribution is -2.45. The maximum Gasteiger partial charge on any atom is 0.225 e. The molecule has 1 unspecified atom stereocenters. The van der Waals surface area contributed by atoms with Crippen LogP contribution in [0.3, 0.4) is 0 Å². The number of aromatic nitrogens is 2. The molecule has 0 radical (unpaired) electrons. The lowest BCUT2D eigenvalue weighted by atomic mass is 9.94. The molecule has 0 aliphatic carbocycles. The average molecular weight is 470 g/mol. The third-order valence-electron chi connectivity index (χ3n) is 7.12. The number of piperidine rings is 1. The van der Waals surface area contributed by atoms with Gasteiger partial charge in [-0.3, -0.25) is 4.79 Å². The van der Waals surface area contributed by atoms with Gasteiger partial charge in [0.1, 0.15) is 11.6 Å². The molecule has 8 heteroatoms. The van der Waals surface area contributed by atoms with E-state index in [1.165, 1.54) is 6.07 Å². The molecule has 0 saturated carbocycles. The number of anilines is 1. The number of carbonyl (C=O) groups excluding carboxylic acids is 1. The fourth-order valence-corrected chi connectivity index (χ4v) is 5.25. The second kappa shape index (κ2) is 8.95. The summed E-state index contributed by atoms with van der Waals surface area (Å²) in [4.78, 5) is 27.2.